The van der Waals surface area contributed by atoms with Crippen LogP contribution in [0.3, 0.4) is 0 Å². The van der Waals surface area contributed by atoms with Crippen molar-refractivity contribution >= 4 is 11.4 Å². The summed E-state index contributed by atoms with van der Waals surface area (Å²) in [6.45, 7) is 11.8. The maximum Gasteiger partial charge on any atom is 0.253 e. The van der Waals surface area contributed by atoms with Gasteiger partial charge in [-0.05, 0) is 61.7 Å². The van der Waals surface area contributed by atoms with E-state index in [-0.39, 0.29) is 17.0 Å². The molecule has 5 heteroatoms. The van der Waals surface area contributed by atoms with Crippen LogP contribution in [0.5, 0.6) is 0 Å². The molecule has 0 radical (unpaired) electrons. The van der Waals surface area contributed by atoms with E-state index in [4.69, 9.17) is 0 Å². The van der Waals surface area contributed by atoms with Gasteiger partial charge in [-0.25, -0.2) is 0 Å². The zero-order valence-electron chi connectivity index (χ0n) is 14.4. The van der Waals surface area contributed by atoms with Gasteiger partial charge in [-0.3, -0.25) is 9.59 Å². The lowest BCUT2D eigenvalue weighted by atomic mass is 10.0. The molecule has 5 nitrogen and oxygen atoms in total. The number of hydrogen-bond acceptors (Lipinski definition) is 5. The fraction of sp³-hybridized carbons (Fsp3) is 0.750. The Hall–Kier alpha value is -1.36. The molecule has 0 bridgehead atoms. The van der Waals surface area contributed by atoms with Crippen LogP contribution in [-0.2, 0) is 0 Å². The van der Waals surface area contributed by atoms with Crippen LogP contribution in [0, 0.1) is 0 Å². The Kier molecular flexibility index (Phi) is 5.56. The lowest BCUT2D eigenvalue weighted by molar-refractivity contribution is 0.398. The highest BCUT2D eigenvalue weighted by molar-refractivity contribution is 5.76. The summed E-state index contributed by atoms with van der Waals surface area (Å²) in [7, 11) is 4.06. The molecule has 0 unspecified atom stereocenters. The van der Waals surface area contributed by atoms with Crippen LogP contribution < -0.4 is 21.1 Å². The molecule has 0 aliphatic heterocycles. The van der Waals surface area contributed by atoms with E-state index in [1.165, 1.54) is 0 Å². The Bertz CT molecular complexity index is 534. The van der Waals surface area contributed by atoms with Crippen molar-refractivity contribution in [2.75, 3.05) is 37.4 Å². The maximum atomic E-state index is 12.0. The molecule has 21 heavy (non-hydrogen) atoms. The third kappa shape index (κ3) is 4.56. The summed E-state index contributed by atoms with van der Waals surface area (Å²) in [5.74, 6) is 0. The van der Waals surface area contributed by atoms with E-state index in [0.717, 1.165) is 19.5 Å². The molecule has 0 saturated heterocycles. The molecule has 1 N–H and O–H groups in total. The van der Waals surface area contributed by atoms with Crippen molar-refractivity contribution < 1.29 is 0 Å². The average molecular weight is 295 g/mol. The molecule has 0 fully saturated rings. The number of nitrogens with zero attached hydrogens (tertiary/aromatic N) is 2. The molecule has 0 spiro atoms. The number of anilines is 2. The van der Waals surface area contributed by atoms with E-state index in [0.29, 0.717) is 11.4 Å². The molecule has 120 valence electrons. The number of rotatable bonds is 7. The summed E-state index contributed by atoms with van der Waals surface area (Å²) >= 11 is 0. The van der Waals surface area contributed by atoms with Gasteiger partial charge < -0.3 is 15.1 Å². The van der Waals surface area contributed by atoms with Gasteiger partial charge in [0.25, 0.3) is 10.9 Å². The molecule has 0 aromatic heterocycles. The van der Waals surface area contributed by atoms with Gasteiger partial charge in [-0.2, -0.15) is 0 Å². The van der Waals surface area contributed by atoms with Crippen molar-refractivity contribution in [2.45, 2.75) is 52.6 Å². The number of hydrogen-bond donors (Lipinski definition) is 1. The van der Waals surface area contributed by atoms with Crippen molar-refractivity contribution in [2.24, 2.45) is 0 Å². The SMILES string of the molecule is CC(C)N(CCCN(C)C)c1c(NC(C)(C)C)c(=O)c1=O. The molecule has 0 aliphatic carbocycles. The third-order valence-electron chi connectivity index (χ3n) is 3.30. The maximum absolute atomic E-state index is 12.0. The standard InChI is InChI=1S/C16H29N3O2/c1-11(2)19(10-8-9-18(6)7)13-12(14(20)15(13)21)17-16(3,4)5/h11,17H,8-10H2,1-7H3. The van der Waals surface area contributed by atoms with Crippen LogP contribution in [-0.4, -0.2) is 43.7 Å². The number of nitrogens with one attached hydrogen (secondary N) is 1. The molecule has 0 amide bonds. The van der Waals surface area contributed by atoms with E-state index in [2.05, 4.69) is 10.2 Å². The first-order valence-electron chi connectivity index (χ1n) is 7.57. The van der Waals surface area contributed by atoms with Crippen LogP contribution in [0.4, 0.5) is 11.4 Å². The van der Waals surface area contributed by atoms with Gasteiger partial charge in [0.15, 0.2) is 0 Å². The second-order valence-corrected chi connectivity index (χ2v) is 7.20. The first-order valence-corrected chi connectivity index (χ1v) is 7.57. The summed E-state index contributed by atoms with van der Waals surface area (Å²) in [6, 6.07) is 0.191. The Morgan fingerprint density at radius 1 is 1.05 bits per heavy atom. The lowest BCUT2D eigenvalue weighted by Crippen LogP contribution is -2.48. The third-order valence-corrected chi connectivity index (χ3v) is 3.30. The lowest BCUT2D eigenvalue weighted by Gasteiger charge is -2.34. The molecule has 1 rings (SSSR count). The quantitative estimate of drug-likeness (QED) is 0.775. The predicted octanol–water partition coefficient (Wildman–Crippen LogP) is 1.66. The molecule has 0 saturated carbocycles. The van der Waals surface area contributed by atoms with Gasteiger partial charge in [-0.1, -0.05) is 0 Å². The Balaban J connectivity index is 2.96. The van der Waals surface area contributed by atoms with Crippen LogP contribution >= 0.6 is 0 Å². The minimum absolute atomic E-state index is 0.191. The van der Waals surface area contributed by atoms with Crippen molar-refractivity contribution in [3.8, 4) is 0 Å². The smallest absolute Gasteiger partial charge is 0.253 e. The Morgan fingerprint density at radius 3 is 2.05 bits per heavy atom. The molecular formula is C16H29N3O2. The highest BCUT2D eigenvalue weighted by atomic mass is 16.2. The van der Waals surface area contributed by atoms with Crippen molar-refractivity contribution in [3.63, 3.8) is 0 Å². The fourth-order valence-electron chi connectivity index (χ4n) is 2.33. The van der Waals surface area contributed by atoms with Crippen LogP contribution in [0.1, 0.15) is 41.0 Å². The zero-order chi connectivity index (χ0) is 16.4. The topological polar surface area (TPSA) is 52.6 Å². The summed E-state index contributed by atoms with van der Waals surface area (Å²) in [5.41, 5.74) is 0.0525. The van der Waals surface area contributed by atoms with Gasteiger partial charge in [0.1, 0.15) is 11.4 Å². The zero-order valence-corrected chi connectivity index (χ0v) is 14.4. The highest BCUT2D eigenvalue weighted by Gasteiger charge is 2.29. The Labute approximate surface area is 127 Å². The van der Waals surface area contributed by atoms with E-state index in [1.54, 1.807) is 0 Å². The summed E-state index contributed by atoms with van der Waals surface area (Å²) in [5, 5.41) is 3.18. The van der Waals surface area contributed by atoms with Gasteiger partial charge in [0.05, 0.1) is 0 Å². The molecule has 1 aromatic rings. The van der Waals surface area contributed by atoms with Crippen LogP contribution in [0.25, 0.3) is 0 Å². The van der Waals surface area contributed by atoms with E-state index < -0.39 is 5.43 Å². The second-order valence-electron chi connectivity index (χ2n) is 7.20. The van der Waals surface area contributed by atoms with Crippen molar-refractivity contribution in [3.05, 3.63) is 20.4 Å². The van der Waals surface area contributed by atoms with Gasteiger partial charge in [0, 0.05) is 18.1 Å². The monoisotopic (exact) mass is 295 g/mol. The average Bonchev–Trinajstić information content (AvgIpc) is 2.33. The van der Waals surface area contributed by atoms with Crippen molar-refractivity contribution in [1.82, 2.24) is 4.90 Å². The van der Waals surface area contributed by atoms with Crippen LogP contribution in [0.15, 0.2) is 9.59 Å². The summed E-state index contributed by atoms with van der Waals surface area (Å²) in [4.78, 5) is 28.0. The van der Waals surface area contributed by atoms with Gasteiger partial charge >= 0.3 is 0 Å². The first kappa shape index (κ1) is 17.7. The summed E-state index contributed by atoms with van der Waals surface area (Å²) in [6.07, 6.45) is 0.957. The van der Waals surface area contributed by atoms with Gasteiger partial charge in [0.2, 0.25) is 0 Å². The molecule has 1 aromatic carbocycles. The predicted molar refractivity (Wildman–Crippen MR) is 90.4 cm³/mol. The summed E-state index contributed by atoms with van der Waals surface area (Å²) < 4.78 is 0. The van der Waals surface area contributed by atoms with E-state index in [1.807, 2.05) is 53.6 Å². The molecular weight excluding hydrogens is 266 g/mol. The molecule has 0 heterocycles. The van der Waals surface area contributed by atoms with Crippen molar-refractivity contribution in [1.29, 1.82) is 0 Å². The minimum atomic E-state index is -0.391. The highest BCUT2D eigenvalue weighted by Crippen LogP contribution is 2.25. The molecule has 0 atom stereocenters. The Morgan fingerprint density at radius 2 is 1.62 bits per heavy atom. The first-order chi connectivity index (χ1) is 9.54. The molecule has 0 aliphatic rings. The van der Waals surface area contributed by atoms with E-state index >= 15 is 0 Å². The fourth-order valence-corrected chi connectivity index (χ4v) is 2.33. The normalized spacial score (nSPS) is 12.4. The van der Waals surface area contributed by atoms with E-state index in [9.17, 15) is 9.59 Å². The van der Waals surface area contributed by atoms with Crippen LogP contribution in [0.2, 0.25) is 0 Å². The minimum Gasteiger partial charge on any atom is -0.375 e. The largest absolute Gasteiger partial charge is 0.375 e. The second kappa shape index (κ2) is 6.60. The van der Waals surface area contributed by atoms with Gasteiger partial charge in [-0.15, -0.1) is 0 Å².